The number of hydrogen-bond donors (Lipinski definition) is 5. The van der Waals surface area contributed by atoms with Crippen LogP contribution in [0.2, 0.25) is 0 Å². The Morgan fingerprint density at radius 3 is 2.76 bits per heavy atom. The summed E-state index contributed by atoms with van der Waals surface area (Å²) in [5.41, 5.74) is 0.836. The third-order valence-corrected chi connectivity index (χ3v) is 4.21. The van der Waals surface area contributed by atoms with Gasteiger partial charge < -0.3 is 30.1 Å². The lowest BCUT2D eigenvalue weighted by molar-refractivity contribution is -0.0504. The van der Waals surface area contributed by atoms with E-state index in [4.69, 9.17) is 14.5 Å². The van der Waals surface area contributed by atoms with Gasteiger partial charge in [0.05, 0.1) is 12.9 Å². The first-order valence-electron chi connectivity index (χ1n) is 7.45. The minimum absolute atomic E-state index is 0.374. The molecular weight excluding hydrogens is 357 g/mol. The van der Waals surface area contributed by atoms with Gasteiger partial charge in [0.15, 0.2) is 23.2 Å². The minimum Gasteiger partial charge on any atom is -0.387 e. The molecule has 0 aliphatic carbocycles. The van der Waals surface area contributed by atoms with E-state index in [1.54, 1.807) is 0 Å². The van der Waals surface area contributed by atoms with Gasteiger partial charge in [-0.2, -0.15) is 0 Å². The zero-order valence-corrected chi connectivity index (χ0v) is 14.0. The number of fused-ring (bicyclic) bond motifs is 1. The maximum absolute atomic E-state index is 10.8. The monoisotopic (exact) mass is 375 g/mol. The van der Waals surface area contributed by atoms with E-state index < -0.39 is 39.0 Å². The topological polar surface area (TPSA) is 172 Å². The SMILES string of the molecule is CCNc1ncnc2c1ncn2[C@@H]1O[C@H](COP(=O)(O)O)[C@@H](O)[C@H]1O. The van der Waals surface area contributed by atoms with Gasteiger partial charge >= 0.3 is 7.82 Å². The largest absolute Gasteiger partial charge is 0.469 e. The second-order valence-corrected chi connectivity index (χ2v) is 6.65. The Balaban J connectivity index is 1.85. The molecule has 3 rings (SSSR count). The first-order valence-corrected chi connectivity index (χ1v) is 8.98. The van der Waals surface area contributed by atoms with E-state index in [-0.39, 0.29) is 0 Å². The van der Waals surface area contributed by atoms with Gasteiger partial charge in [0.25, 0.3) is 0 Å². The van der Waals surface area contributed by atoms with Crippen molar-refractivity contribution in [1.82, 2.24) is 19.5 Å². The maximum atomic E-state index is 10.8. The quantitative estimate of drug-likeness (QED) is 0.391. The van der Waals surface area contributed by atoms with E-state index in [0.717, 1.165) is 0 Å². The Hall–Kier alpha value is -1.66. The Morgan fingerprint density at radius 2 is 2.08 bits per heavy atom. The van der Waals surface area contributed by atoms with E-state index in [1.807, 2.05) is 6.92 Å². The smallest absolute Gasteiger partial charge is 0.387 e. The highest BCUT2D eigenvalue weighted by molar-refractivity contribution is 7.46. The number of aliphatic hydroxyl groups excluding tert-OH is 2. The molecule has 0 bridgehead atoms. The molecule has 5 N–H and O–H groups in total. The molecule has 4 atom stereocenters. The molecule has 138 valence electrons. The second-order valence-electron chi connectivity index (χ2n) is 5.41. The molecule has 1 aliphatic rings. The van der Waals surface area contributed by atoms with Crippen LogP contribution in [-0.4, -0.2) is 71.0 Å². The van der Waals surface area contributed by atoms with E-state index in [9.17, 15) is 14.8 Å². The molecular formula is C12H18N5O7P. The Labute approximate surface area is 141 Å². The van der Waals surface area contributed by atoms with E-state index in [1.165, 1.54) is 17.2 Å². The second kappa shape index (κ2) is 6.92. The lowest BCUT2D eigenvalue weighted by Crippen LogP contribution is -2.33. The average Bonchev–Trinajstić information content (AvgIpc) is 3.09. The normalized spacial score (nSPS) is 27.1. The number of aliphatic hydroxyl groups is 2. The number of anilines is 1. The van der Waals surface area contributed by atoms with Crippen LogP contribution < -0.4 is 5.32 Å². The Bertz CT molecular complexity index is 795. The number of rotatable bonds is 6. The van der Waals surface area contributed by atoms with Crippen LogP contribution in [0.5, 0.6) is 0 Å². The van der Waals surface area contributed by atoms with Crippen LogP contribution >= 0.6 is 7.82 Å². The summed E-state index contributed by atoms with van der Waals surface area (Å²) in [5, 5.41) is 23.3. The van der Waals surface area contributed by atoms with Crippen molar-refractivity contribution in [3.05, 3.63) is 12.7 Å². The number of hydrogen-bond acceptors (Lipinski definition) is 9. The fourth-order valence-electron chi connectivity index (χ4n) is 2.60. The molecule has 0 unspecified atom stereocenters. The molecule has 0 spiro atoms. The fourth-order valence-corrected chi connectivity index (χ4v) is 2.94. The summed E-state index contributed by atoms with van der Waals surface area (Å²) in [6.07, 6.45) is -2.23. The lowest BCUT2D eigenvalue weighted by Gasteiger charge is -2.16. The molecule has 1 saturated heterocycles. The third-order valence-electron chi connectivity index (χ3n) is 3.72. The molecule has 1 fully saturated rings. The van der Waals surface area contributed by atoms with Crippen LogP contribution in [0.25, 0.3) is 11.2 Å². The van der Waals surface area contributed by atoms with Gasteiger partial charge in [0, 0.05) is 6.54 Å². The Morgan fingerprint density at radius 1 is 1.32 bits per heavy atom. The number of aromatic nitrogens is 4. The summed E-state index contributed by atoms with van der Waals surface area (Å²) in [4.78, 5) is 29.9. The summed E-state index contributed by atoms with van der Waals surface area (Å²) < 4.78 is 22.1. The summed E-state index contributed by atoms with van der Waals surface area (Å²) in [6.45, 7) is 1.95. The van der Waals surface area contributed by atoms with Crippen LogP contribution in [0.4, 0.5) is 5.82 Å². The summed E-state index contributed by atoms with van der Waals surface area (Å²) in [6, 6.07) is 0. The fraction of sp³-hybridized carbons (Fsp3) is 0.583. The van der Waals surface area contributed by atoms with Crippen molar-refractivity contribution in [2.75, 3.05) is 18.5 Å². The number of imidazole rings is 1. The molecule has 13 heteroatoms. The van der Waals surface area contributed by atoms with Crippen LogP contribution in [0, 0.1) is 0 Å². The van der Waals surface area contributed by atoms with Gasteiger partial charge in [0.2, 0.25) is 0 Å². The minimum atomic E-state index is -4.72. The molecule has 0 saturated carbocycles. The summed E-state index contributed by atoms with van der Waals surface area (Å²) in [5.74, 6) is 0.515. The van der Waals surface area contributed by atoms with Gasteiger partial charge in [-0.25, -0.2) is 19.5 Å². The molecule has 3 heterocycles. The van der Waals surface area contributed by atoms with Crippen LogP contribution in [0.3, 0.4) is 0 Å². The van der Waals surface area contributed by atoms with Crippen molar-refractivity contribution < 1.29 is 33.8 Å². The van der Waals surface area contributed by atoms with Crippen molar-refractivity contribution in [1.29, 1.82) is 0 Å². The number of phosphoric acid groups is 1. The molecule has 25 heavy (non-hydrogen) atoms. The van der Waals surface area contributed by atoms with Crippen LogP contribution in [-0.2, 0) is 13.8 Å². The first-order chi connectivity index (χ1) is 11.8. The zero-order valence-electron chi connectivity index (χ0n) is 13.1. The molecule has 2 aromatic rings. The predicted molar refractivity (Wildman–Crippen MR) is 83.4 cm³/mol. The van der Waals surface area contributed by atoms with Crippen molar-refractivity contribution in [2.24, 2.45) is 0 Å². The standard InChI is InChI=1S/C12H18N5O7P/c1-2-13-10-7-11(15-4-14-10)17(5-16-7)12-9(19)8(18)6(24-12)3-23-25(20,21)22/h4-6,8-9,12,18-19H,2-3H2,1H3,(H,13,14,15)(H2,20,21,22)/t6-,8-,9-,12-/m1/s1. The number of nitrogens with zero attached hydrogens (tertiary/aromatic N) is 4. The Kier molecular flexibility index (Phi) is 5.02. The van der Waals surface area contributed by atoms with Crippen molar-refractivity contribution in [3.63, 3.8) is 0 Å². The predicted octanol–water partition coefficient (Wildman–Crippen LogP) is -1.01. The molecule has 0 radical (unpaired) electrons. The number of nitrogens with one attached hydrogen (secondary N) is 1. The van der Waals surface area contributed by atoms with E-state index in [0.29, 0.717) is 23.5 Å². The van der Waals surface area contributed by atoms with Crippen molar-refractivity contribution >= 4 is 24.8 Å². The first kappa shape index (κ1) is 18.1. The molecule has 1 aliphatic heterocycles. The van der Waals surface area contributed by atoms with Crippen LogP contribution in [0.15, 0.2) is 12.7 Å². The van der Waals surface area contributed by atoms with Gasteiger partial charge in [-0.1, -0.05) is 0 Å². The molecule has 2 aromatic heterocycles. The molecule has 12 nitrogen and oxygen atoms in total. The van der Waals surface area contributed by atoms with Gasteiger partial charge in [-0.15, -0.1) is 0 Å². The number of phosphoric ester groups is 1. The highest BCUT2D eigenvalue weighted by Gasteiger charge is 2.45. The number of ether oxygens (including phenoxy) is 1. The summed E-state index contributed by atoms with van der Waals surface area (Å²) >= 11 is 0. The average molecular weight is 375 g/mol. The zero-order chi connectivity index (χ0) is 18.2. The highest BCUT2D eigenvalue weighted by atomic mass is 31.2. The van der Waals surface area contributed by atoms with Gasteiger partial charge in [-0.3, -0.25) is 9.09 Å². The van der Waals surface area contributed by atoms with Gasteiger partial charge in [0.1, 0.15) is 24.6 Å². The van der Waals surface area contributed by atoms with Crippen molar-refractivity contribution in [2.45, 2.75) is 31.5 Å². The highest BCUT2D eigenvalue weighted by Crippen LogP contribution is 2.38. The van der Waals surface area contributed by atoms with Crippen LogP contribution in [0.1, 0.15) is 13.2 Å². The molecule has 0 aromatic carbocycles. The van der Waals surface area contributed by atoms with Crippen molar-refractivity contribution in [3.8, 4) is 0 Å². The third kappa shape index (κ3) is 3.65. The van der Waals surface area contributed by atoms with Gasteiger partial charge in [-0.05, 0) is 6.92 Å². The maximum Gasteiger partial charge on any atom is 0.469 e. The lowest BCUT2D eigenvalue weighted by atomic mass is 10.1. The van der Waals surface area contributed by atoms with E-state index in [2.05, 4.69) is 24.8 Å². The summed E-state index contributed by atoms with van der Waals surface area (Å²) in [7, 11) is -4.72. The molecule has 0 amide bonds. The van der Waals surface area contributed by atoms with E-state index >= 15 is 0 Å².